The first-order valence-electron chi connectivity index (χ1n) is 9.01. The lowest BCUT2D eigenvalue weighted by Crippen LogP contribution is -2.50. The van der Waals surface area contributed by atoms with Crippen LogP contribution in [0.4, 0.5) is 0 Å². The highest BCUT2D eigenvalue weighted by atomic mass is 16.5. The minimum absolute atomic E-state index is 0.0744. The molecule has 0 bridgehead atoms. The molecule has 0 aromatic carbocycles. The minimum atomic E-state index is -0.0744. The summed E-state index contributed by atoms with van der Waals surface area (Å²) in [6, 6.07) is 3.39. The zero-order chi connectivity index (χ0) is 18.1. The molecule has 2 amide bonds. The number of hydrogen-bond donors (Lipinski definition) is 0. The number of hydrogen-bond acceptors (Lipinski definition) is 6. The van der Waals surface area contributed by atoms with Crippen molar-refractivity contribution in [2.24, 2.45) is 5.92 Å². The van der Waals surface area contributed by atoms with Gasteiger partial charge in [-0.2, -0.15) is 4.98 Å². The molecule has 8 nitrogen and oxygen atoms in total. The smallest absolute Gasteiger partial charge is 0.289 e. The second-order valence-corrected chi connectivity index (χ2v) is 7.08. The molecule has 26 heavy (non-hydrogen) atoms. The predicted molar refractivity (Wildman–Crippen MR) is 90.3 cm³/mol. The molecule has 2 saturated heterocycles. The van der Waals surface area contributed by atoms with Crippen LogP contribution in [0, 0.1) is 5.92 Å². The van der Waals surface area contributed by atoms with Crippen molar-refractivity contribution >= 4 is 11.8 Å². The minimum Gasteiger partial charge on any atom is -0.459 e. The molecule has 2 aliphatic rings. The summed E-state index contributed by atoms with van der Waals surface area (Å²) in [5, 5.41) is 4.13. The molecule has 0 N–H and O–H groups in total. The van der Waals surface area contributed by atoms with Gasteiger partial charge in [-0.15, -0.1) is 0 Å². The molecule has 138 valence electrons. The highest BCUT2D eigenvalue weighted by Crippen LogP contribution is 2.27. The van der Waals surface area contributed by atoms with E-state index in [0.29, 0.717) is 37.1 Å². The van der Waals surface area contributed by atoms with Gasteiger partial charge in [0.25, 0.3) is 5.91 Å². The quantitative estimate of drug-likeness (QED) is 0.826. The third-order valence-corrected chi connectivity index (χ3v) is 5.23. The Labute approximate surface area is 151 Å². The Kier molecular flexibility index (Phi) is 4.48. The highest BCUT2D eigenvalue weighted by molar-refractivity contribution is 5.91. The van der Waals surface area contributed by atoms with E-state index >= 15 is 0 Å². The van der Waals surface area contributed by atoms with Crippen molar-refractivity contribution in [1.29, 1.82) is 0 Å². The van der Waals surface area contributed by atoms with Crippen molar-refractivity contribution in [1.82, 2.24) is 19.9 Å². The molecule has 0 aliphatic carbocycles. The molecule has 8 heteroatoms. The van der Waals surface area contributed by atoms with Gasteiger partial charge in [0.15, 0.2) is 11.6 Å². The van der Waals surface area contributed by atoms with Crippen molar-refractivity contribution in [2.45, 2.75) is 32.1 Å². The number of amides is 2. The Bertz CT molecular complexity index is 771. The number of carbonyl (C=O) groups excluding carboxylic acids is 2. The molecule has 2 aromatic rings. The highest BCUT2D eigenvalue weighted by Gasteiger charge is 2.34. The van der Waals surface area contributed by atoms with E-state index in [2.05, 4.69) is 10.1 Å². The molecular weight excluding hydrogens is 336 g/mol. The number of likely N-dealkylation sites (tertiary alicyclic amines) is 2. The van der Waals surface area contributed by atoms with Crippen LogP contribution in [-0.4, -0.2) is 57.9 Å². The zero-order valence-corrected chi connectivity index (χ0v) is 14.8. The van der Waals surface area contributed by atoms with Crippen LogP contribution >= 0.6 is 0 Å². The summed E-state index contributed by atoms with van der Waals surface area (Å²) in [6.07, 6.45) is 3.92. The van der Waals surface area contributed by atoms with E-state index in [4.69, 9.17) is 8.94 Å². The molecule has 0 spiro atoms. The lowest BCUT2D eigenvalue weighted by atomic mass is 9.95. The first-order valence-corrected chi connectivity index (χ1v) is 9.01. The van der Waals surface area contributed by atoms with Crippen LogP contribution in [0.2, 0.25) is 0 Å². The van der Waals surface area contributed by atoms with Crippen LogP contribution < -0.4 is 0 Å². The van der Waals surface area contributed by atoms with Gasteiger partial charge in [-0.1, -0.05) is 5.16 Å². The Hall–Kier alpha value is -2.64. The monoisotopic (exact) mass is 358 g/mol. The summed E-state index contributed by atoms with van der Waals surface area (Å²) in [5.74, 6) is 2.38. The molecule has 0 saturated carbocycles. The van der Waals surface area contributed by atoms with Crippen molar-refractivity contribution in [2.75, 3.05) is 26.2 Å². The van der Waals surface area contributed by atoms with Gasteiger partial charge in [-0.25, -0.2) is 0 Å². The van der Waals surface area contributed by atoms with Crippen LogP contribution in [0.25, 0.3) is 0 Å². The lowest BCUT2D eigenvalue weighted by Gasteiger charge is -2.38. The van der Waals surface area contributed by atoms with Crippen LogP contribution in [0.15, 0.2) is 27.3 Å². The normalized spacial score (nSPS) is 18.8. The third-order valence-electron chi connectivity index (χ3n) is 5.23. The molecule has 4 rings (SSSR count). The SMILES string of the molecule is CC(=O)N1CCC(c2noc(CC3CN(C(=O)c4ccco4)C3)n2)CC1. The summed E-state index contributed by atoms with van der Waals surface area (Å²) in [6.45, 7) is 4.44. The number of piperidine rings is 1. The molecule has 0 radical (unpaired) electrons. The van der Waals surface area contributed by atoms with E-state index in [0.717, 1.165) is 31.8 Å². The molecule has 0 atom stereocenters. The fourth-order valence-corrected chi connectivity index (χ4v) is 3.64. The number of carbonyl (C=O) groups is 2. The molecule has 4 heterocycles. The Balaban J connectivity index is 1.26. The second-order valence-electron chi connectivity index (χ2n) is 7.08. The number of nitrogens with zero attached hydrogens (tertiary/aromatic N) is 4. The van der Waals surface area contributed by atoms with Crippen LogP contribution in [0.3, 0.4) is 0 Å². The Morgan fingerprint density at radius 3 is 2.65 bits per heavy atom. The predicted octanol–water partition coefficient (Wildman–Crippen LogP) is 1.70. The Morgan fingerprint density at radius 1 is 1.23 bits per heavy atom. The summed E-state index contributed by atoms with van der Waals surface area (Å²) < 4.78 is 10.5. The topological polar surface area (TPSA) is 92.7 Å². The van der Waals surface area contributed by atoms with Crippen molar-refractivity contribution in [3.63, 3.8) is 0 Å². The van der Waals surface area contributed by atoms with E-state index < -0.39 is 0 Å². The van der Waals surface area contributed by atoms with Crippen LogP contribution in [-0.2, 0) is 11.2 Å². The van der Waals surface area contributed by atoms with Crippen molar-refractivity contribution < 1.29 is 18.5 Å². The molecule has 2 aromatic heterocycles. The zero-order valence-electron chi connectivity index (χ0n) is 14.8. The van der Waals surface area contributed by atoms with E-state index in [9.17, 15) is 9.59 Å². The summed E-state index contributed by atoms with van der Waals surface area (Å²) >= 11 is 0. The molecule has 2 aliphatic heterocycles. The lowest BCUT2D eigenvalue weighted by molar-refractivity contribution is -0.129. The molecule has 2 fully saturated rings. The standard InChI is InChI=1S/C18H22N4O4/c1-12(23)21-6-4-14(5-7-21)17-19-16(26-20-17)9-13-10-22(11-13)18(24)15-3-2-8-25-15/h2-3,8,13-14H,4-7,9-11H2,1H3. The summed E-state index contributed by atoms with van der Waals surface area (Å²) in [4.78, 5) is 31.7. The number of rotatable bonds is 4. The number of aromatic nitrogens is 2. The molecule has 0 unspecified atom stereocenters. The van der Waals surface area contributed by atoms with Crippen molar-refractivity contribution in [3.8, 4) is 0 Å². The Morgan fingerprint density at radius 2 is 2.00 bits per heavy atom. The van der Waals surface area contributed by atoms with Crippen LogP contribution in [0.1, 0.15) is 48.0 Å². The number of furan rings is 1. The van der Waals surface area contributed by atoms with Gasteiger partial charge in [-0.3, -0.25) is 9.59 Å². The first-order chi connectivity index (χ1) is 12.6. The maximum atomic E-state index is 12.1. The summed E-state index contributed by atoms with van der Waals surface area (Å²) in [7, 11) is 0. The first kappa shape index (κ1) is 16.8. The van der Waals surface area contributed by atoms with Crippen LogP contribution in [0.5, 0.6) is 0 Å². The third kappa shape index (κ3) is 3.36. The van der Waals surface area contributed by atoms with Gasteiger partial charge in [0.05, 0.1) is 6.26 Å². The summed E-state index contributed by atoms with van der Waals surface area (Å²) in [5.41, 5.74) is 0. The maximum absolute atomic E-state index is 12.1. The largest absolute Gasteiger partial charge is 0.459 e. The van der Waals surface area contributed by atoms with E-state index in [1.807, 2.05) is 4.90 Å². The second kappa shape index (κ2) is 6.93. The fraction of sp³-hybridized carbons (Fsp3) is 0.556. The van der Waals surface area contributed by atoms with Gasteiger partial charge in [0.1, 0.15) is 0 Å². The van der Waals surface area contributed by atoms with Gasteiger partial charge < -0.3 is 18.7 Å². The average molecular weight is 358 g/mol. The average Bonchev–Trinajstić information content (AvgIpc) is 3.29. The van der Waals surface area contributed by atoms with Gasteiger partial charge in [-0.05, 0) is 25.0 Å². The van der Waals surface area contributed by atoms with E-state index in [-0.39, 0.29) is 17.7 Å². The maximum Gasteiger partial charge on any atom is 0.289 e. The van der Waals surface area contributed by atoms with Gasteiger partial charge in [0.2, 0.25) is 11.8 Å². The van der Waals surface area contributed by atoms with Gasteiger partial charge in [0, 0.05) is 51.4 Å². The molecular formula is C18H22N4O4. The van der Waals surface area contributed by atoms with E-state index in [1.54, 1.807) is 24.0 Å². The van der Waals surface area contributed by atoms with Crippen molar-refractivity contribution in [3.05, 3.63) is 35.9 Å². The van der Waals surface area contributed by atoms with Gasteiger partial charge >= 0.3 is 0 Å². The fourth-order valence-electron chi connectivity index (χ4n) is 3.64. The van der Waals surface area contributed by atoms with E-state index in [1.165, 1.54) is 6.26 Å².